The minimum absolute atomic E-state index is 0.0936. The number of aromatic nitrogens is 2. The molecule has 0 amide bonds. The van der Waals surface area contributed by atoms with Crippen LogP contribution in [0.15, 0.2) is 42.5 Å². The summed E-state index contributed by atoms with van der Waals surface area (Å²) in [6.07, 6.45) is 3.38. The molecule has 2 atom stereocenters. The highest BCUT2D eigenvalue weighted by atomic mass is 16.5. The van der Waals surface area contributed by atoms with Gasteiger partial charge in [0.15, 0.2) is 5.78 Å². The predicted octanol–water partition coefficient (Wildman–Crippen LogP) is 4.71. The van der Waals surface area contributed by atoms with Crippen molar-refractivity contribution >= 4 is 11.6 Å². The van der Waals surface area contributed by atoms with Gasteiger partial charge in [-0.1, -0.05) is 29.8 Å². The number of anilines is 1. The highest BCUT2D eigenvalue weighted by Crippen LogP contribution is 2.38. The van der Waals surface area contributed by atoms with Crippen molar-refractivity contribution in [2.75, 3.05) is 50.8 Å². The first-order valence-corrected chi connectivity index (χ1v) is 15.3. The minimum Gasteiger partial charge on any atom is -0.489 e. The van der Waals surface area contributed by atoms with Gasteiger partial charge < -0.3 is 19.1 Å². The maximum absolute atomic E-state index is 11.5. The number of benzene rings is 2. The van der Waals surface area contributed by atoms with Gasteiger partial charge in [0.25, 0.3) is 0 Å². The zero-order chi connectivity index (χ0) is 29.1. The Morgan fingerprint density at radius 3 is 2.55 bits per heavy atom. The van der Waals surface area contributed by atoms with Gasteiger partial charge in [0.1, 0.15) is 30.1 Å². The number of carbonyl (C=O) groups excluding carboxylic acids is 1. The normalized spacial score (nSPS) is 20.6. The molecule has 0 saturated carbocycles. The van der Waals surface area contributed by atoms with Crippen molar-refractivity contribution in [2.24, 2.45) is 0 Å². The molecule has 3 heterocycles. The SMILES string of the molecule is CC(=O)C1CCC(OCCN2CCN(c3nc(C)nc4c3CCc3cc(OCc5ccc(C)cc5)ccc3-4)CC2)CO1. The number of ketones is 1. The van der Waals surface area contributed by atoms with Gasteiger partial charge in [-0.25, -0.2) is 9.97 Å². The molecule has 0 N–H and O–H groups in total. The van der Waals surface area contributed by atoms with Crippen LogP contribution in [0.25, 0.3) is 11.3 Å². The van der Waals surface area contributed by atoms with Crippen LogP contribution in [0.5, 0.6) is 5.75 Å². The lowest BCUT2D eigenvalue weighted by atomic mass is 9.88. The Labute approximate surface area is 249 Å². The lowest BCUT2D eigenvalue weighted by Crippen LogP contribution is -2.48. The van der Waals surface area contributed by atoms with Crippen molar-refractivity contribution in [1.29, 1.82) is 0 Å². The summed E-state index contributed by atoms with van der Waals surface area (Å²) in [7, 11) is 0. The van der Waals surface area contributed by atoms with Crippen molar-refractivity contribution in [3.63, 3.8) is 0 Å². The van der Waals surface area contributed by atoms with Crippen LogP contribution in [-0.2, 0) is 33.7 Å². The van der Waals surface area contributed by atoms with Crippen LogP contribution in [-0.4, -0.2) is 78.8 Å². The fraction of sp³-hybridized carbons (Fsp3) is 0.500. The summed E-state index contributed by atoms with van der Waals surface area (Å²) in [5.41, 5.74) is 7.25. The molecule has 3 aliphatic rings. The van der Waals surface area contributed by atoms with Gasteiger partial charge in [-0.15, -0.1) is 0 Å². The van der Waals surface area contributed by atoms with Gasteiger partial charge in [-0.05, 0) is 75.8 Å². The van der Waals surface area contributed by atoms with Crippen molar-refractivity contribution in [1.82, 2.24) is 14.9 Å². The molecule has 2 saturated heterocycles. The average molecular weight is 571 g/mol. The van der Waals surface area contributed by atoms with E-state index in [9.17, 15) is 4.79 Å². The fourth-order valence-corrected chi connectivity index (χ4v) is 6.22. The molecule has 8 heteroatoms. The second-order valence-electron chi connectivity index (χ2n) is 11.8. The van der Waals surface area contributed by atoms with Crippen LogP contribution in [0, 0.1) is 13.8 Å². The lowest BCUT2D eigenvalue weighted by molar-refractivity contribution is -0.139. The second kappa shape index (κ2) is 12.9. The molecule has 8 nitrogen and oxygen atoms in total. The molecule has 2 fully saturated rings. The van der Waals surface area contributed by atoms with Crippen LogP contribution < -0.4 is 9.64 Å². The van der Waals surface area contributed by atoms with E-state index in [2.05, 4.69) is 59.2 Å². The highest BCUT2D eigenvalue weighted by Gasteiger charge is 2.28. The summed E-state index contributed by atoms with van der Waals surface area (Å²) in [6.45, 7) is 12.2. The molecule has 2 aliphatic heterocycles. The molecule has 3 aromatic rings. The number of hydrogen-bond donors (Lipinski definition) is 0. The highest BCUT2D eigenvalue weighted by molar-refractivity contribution is 5.80. The molecule has 0 bridgehead atoms. The Morgan fingerprint density at radius 2 is 1.81 bits per heavy atom. The monoisotopic (exact) mass is 570 g/mol. The second-order valence-corrected chi connectivity index (χ2v) is 11.8. The van der Waals surface area contributed by atoms with Gasteiger partial charge in [0.2, 0.25) is 0 Å². The summed E-state index contributed by atoms with van der Waals surface area (Å²) in [4.78, 5) is 26.3. The van der Waals surface area contributed by atoms with E-state index in [-0.39, 0.29) is 18.0 Å². The van der Waals surface area contributed by atoms with Crippen molar-refractivity contribution < 1.29 is 19.0 Å². The zero-order valence-electron chi connectivity index (χ0n) is 25.1. The number of piperazine rings is 1. The van der Waals surface area contributed by atoms with Crippen LogP contribution in [0.1, 0.15) is 47.8 Å². The first-order chi connectivity index (χ1) is 20.4. The number of carbonyl (C=O) groups is 1. The zero-order valence-corrected chi connectivity index (χ0v) is 25.1. The van der Waals surface area contributed by atoms with Crippen LogP contribution in [0.2, 0.25) is 0 Å². The molecule has 222 valence electrons. The van der Waals surface area contributed by atoms with E-state index in [0.717, 1.165) is 81.5 Å². The molecule has 2 unspecified atom stereocenters. The Bertz CT molecular complexity index is 1390. The van der Waals surface area contributed by atoms with E-state index < -0.39 is 0 Å². The standard InChI is InChI=1S/C34H42N4O4/c1-23-4-6-26(7-5-23)21-41-28-9-12-30-27(20-28)8-11-31-33(30)35-25(3)36-34(31)38-16-14-37(15-17-38)18-19-40-29-10-13-32(24(2)39)42-22-29/h4-7,9,12,20,29,32H,8,10-11,13-19,21-22H2,1-3H3. The Balaban J connectivity index is 1.05. The number of nitrogens with zero attached hydrogens (tertiary/aromatic N) is 4. The van der Waals surface area contributed by atoms with Crippen molar-refractivity contribution in [3.8, 4) is 17.0 Å². The summed E-state index contributed by atoms with van der Waals surface area (Å²) in [6, 6.07) is 14.9. The molecule has 0 spiro atoms. The van der Waals surface area contributed by atoms with E-state index >= 15 is 0 Å². The summed E-state index contributed by atoms with van der Waals surface area (Å²) >= 11 is 0. The fourth-order valence-electron chi connectivity index (χ4n) is 6.22. The van der Waals surface area contributed by atoms with Gasteiger partial charge in [0, 0.05) is 43.9 Å². The van der Waals surface area contributed by atoms with E-state index in [4.69, 9.17) is 24.2 Å². The quantitative estimate of drug-likeness (QED) is 0.366. The first kappa shape index (κ1) is 28.8. The Hall–Kier alpha value is -3.33. The van der Waals surface area contributed by atoms with Gasteiger partial charge in [-0.2, -0.15) is 0 Å². The maximum atomic E-state index is 11.5. The van der Waals surface area contributed by atoms with Crippen molar-refractivity contribution in [2.45, 2.75) is 65.3 Å². The molecular weight excluding hydrogens is 528 g/mol. The van der Waals surface area contributed by atoms with Crippen LogP contribution in [0.4, 0.5) is 5.82 Å². The van der Waals surface area contributed by atoms with Crippen LogP contribution >= 0.6 is 0 Å². The average Bonchev–Trinajstić information content (AvgIpc) is 3.01. The Kier molecular flexibility index (Phi) is 8.84. The van der Waals surface area contributed by atoms with E-state index in [0.29, 0.717) is 19.8 Å². The third-order valence-corrected chi connectivity index (χ3v) is 8.72. The van der Waals surface area contributed by atoms with E-state index in [1.54, 1.807) is 6.92 Å². The van der Waals surface area contributed by atoms with Gasteiger partial charge >= 0.3 is 0 Å². The molecule has 1 aliphatic carbocycles. The summed E-state index contributed by atoms with van der Waals surface area (Å²) < 4.78 is 17.9. The van der Waals surface area contributed by atoms with Crippen LogP contribution in [0.3, 0.4) is 0 Å². The third-order valence-electron chi connectivity index (χ3n) is 8.72. The van der Waals surface area contributed by atoms with E-state index in [1.165, 1.54) is 27.8 Å². The summed E-state index contributed by atoms with van der Waals surface area (Å²) in [5.74, 6) is 2.93. The number of fused-ring (bicyclic) bond motifs is 3. The molecule has 2 aromatic carbocycles. The number of Topliss-reactive ketones (excluding diaryl/α,β-unsaturated/α-hetero) is 1. The number of hydrogen-bond acceptors (Lipinski definition) is 8. The largest absolute Gasteiger partial charge is 0.489 e. The van der Waals surface area contributed by atoms with Crippen molar-refractivity contribution in [3.05, 3.63) is 70.5 Å². The number of ether oxygens (including phenoxy) is 3. The first-order valence-electron chi connectivity index (χ1n) is 15.3. The summed E-state index contributed by atoms with van der Waals surface area (Å²) in [5, 5.41) is 0. The molecule has 6 rings (SSSR count). The maximum Gasteiger partial charge on any atom is 0.158 e. The number of aryl methyl sites for hydroxylation is 3. The Morgan fingerprint density at radius 1 is 1.00 bits per heavy atom. The van der Waals surface area contributed by atoms with Gasteiger partial charge in [0.05, 0.1) is 25.0 Å². The topological polar surface area (TPSA) is 77.0 Å². The molecular formula is C34H42N4O4. The predicted molar refractivity (Wildman–Crippen MR) is 163 cm³/mol. The third kappa shape index (κ3) is 6.66. The molecule has 0 radical (unpaired) electrons. The molecule has 42 heavy (non-hydrogen) atoms. The van der Waals surface area contributed by atoms with E-state index in [1.807, 2.05) is 6.92 Å². The number of rotatable bonds is 9. The smallest absolute Gasteiger partial charge is 0.158 e. The molecule has 1 aromatic heterocycles. The van der Waals surface area contributed by atoms with Gasteiger partial charge in [-0.3, -0.25) is 9.69 Å². The lowest BCUT2D eigenvalue weighted by Gasteiger charge is -2.37. The minimum atomic E-state index is -0.247.